The molecule has 0 aliphatic heterocycles. The Labute approximate surface area is 108 Å². The van der Waals surface area contributed by atoms with E-state index < -0.39 is 5.97 Å². The van der Waals surface area contributed by atoms with Crippen LogP contribution in [0.4, 0.5) is 0 Å². The Bertz CT molecular complexity index is 416. The van der Waals surface area contributed by atoms with Crippen molar-refractivity contribution in [3.05, 3.63) is 29.3 Å². The minimum atomic E-state index is -0.791. The number of benzene rings is 1. The predicted octanol–water partition coefficient (Wildman–Crippen LogP) is 3.39. The molecule has 1 aromatic rings. The maximum atomic E-state index is 10.5. The molecule has 0 unspecified atom stereocenters. The van der Waals surface area contributed by atoms with Crippen LogP contribution in [0.2, 0.25) is 0 Å². The molecule has 0 aliphatic rings. The van der Waals surface area contributed by atoms with E-state index >= 15 is 0 Å². The highest BCUT2D eigenvalue weighted by atomic mass is 16.4. The molecule has 0 bridgehead atoms. The van der Waals surface area contributed by atoms with Gasteiger partial charge in [-0.2, -0.15) is 0 Å². The lowest BCUT2D eigenvalue weighted by Gasteiger charge is -2.18. The fraction of sp³-hybridized carbons (Fsp3) is 0.533. The molecule has 0 spiro atoms. The van der Waals surface area contributed by atoms with Gasteiger partial charge in [0, 0.05) is 6.42 Å². The molecule has 3 nitrogen and oxygen atoms in total. The molecule has 0 amide bonds. The van der Waals surface area contributed by atoms with E-state index in [1.54, 1.807) is 6.07 Å². The van der Waals surface area contributed by atoms with Crippen molar-refractivity contribution < 1.29 is 15.0 Å². The molecule has 0 atom stereocenters. The molecule has 1 aromatic carbocycles. The number of phenolic OH excluding ortho intramolecular Hbond substituents is 1. The minimum Gasteiger partial charge on any atom is -0.508 e. The Hall–Kier alpha value is -1.51. The summed E-state index contributed by atoms with van der Waals surface area (Å²) in [5, 5.41) is 18.4. The number of carbonyl (C=O) groups is 1. The van der Waals surface area contributed by atoms with Gasteiger partial charge < -0.3 is 10.2 Å². The second-order valence-corrected chi connectivity index (χ2v) is 5.95. The van der Waals surface area contributed by atoms with Crippen LogP contribution in [0.5, 0.6) is 5.75 Å². The summed E-state index contributed by atoms with van der Waals surface area (Å²) in [7, 11) is 0. The molecule has 0 radical (unpaired) electrons. The first-order chi connectivity index (χ1) is 8.28. The average molecular weight is 250 g/mol. The van der Waals surface area contributed by atoms with E-state index in [-0.39, 0.29) is 17.6 Å². The normalized spacial score (nSPS) is 11.5. The van der Waals surface area contributed by atoms with Gasteiger partial charge in [-0.3, -0.25) is 4.79 Å². The maximum absolute atomic E-state index is 10.5. The molecule has 0 aromatic heterocycles. The highest BCUT2D eigenvalue weighted by molar-refractivity contribution is 5.66. The Balaban J connectivity index is 2.72. The van der Waals surface area contributed by atoms with Crippen molar-refractivity contribution in [1.29, 1.82) is 0 Å². The summed E-state index contributed by atoms with van der Waals surface area (Å²) in [6.45, 7) is 6.51. The van der Waals surface area contributed by atoms with Gasteiger partial charge in [-0.25, -0.2) is 0 Å². The Morgan fingerprint density at radius 1 is 1.28 bits per heavy atom. The van der Waals surface area contributed by atoms with E-state index in [2.05, 4.69) is 20.8 Å². The Morgan fingerprint density at radius 2 is 1.94 bits per heavy atom. The number of carboxylic acids is 1. The Morgan fingerprint density at radius 3 is 2.50 bits per heavy atom. The number of aliphatic carboxylic acids is 1. The maximum Gasteiger partial charge on any atom is 0.303 e. The van der Waals surface area contributed by atoms with Crippen molar-refractivity contribution >= 4 is 5.97 Å². The topological polar surface area (TPSA) is 57.5 Å². The van der Waals surface area contributed by atoms with Crippen molar-refractivity contribution in [3.8, 4) is 5.75 Å². The average Bonchev–Trinajstić information content (AvgIpc) is 2.20. The van der Waals surface area contributed by atoms with Crippen LogP contribution in [0, 0.1) is 5.41 Å². The van der Waals surface area contributed by atoms with Crippen molar-refractivity contribution in [1.82, 2.24) is 0 Å². The van der Waals surface area contributed by atoms with E-state index in [1.165, 1.54) is 5.56 Å². The van der Waals surface area contributed by atoms with Crippen LogP contribution in [-0.2, 0) is 17.6 Å². The fourth-order valence-corrected chi connectivity index (χ4v) is 1.99. The third kappa shape index (κ3) is 5.21. The summed E-state index contributed by atoms with van der Waals surface area (Å²) >= 11 is 0. The molecular weight excluding hydrogens is 228 g/mol. The van der Waals surface area contributed by atoms with Gasteiger partial charge in [0.05, 0.1) is 0 Å². The zero-order valence-electron chi connectivity index (χ0n) is 11.4. The fourth-order valence-electron chi connectivity index (χ4n) is 1.99. The van der Waals surface area contributed by atoms with Crippen molar-refractivity contribution in [2.45, 2.75) is 46.5 Å². The van der Waals surface area contributed by atoms with Crippen molar-refractivity contribution in [2.24, 2.45) is 5.41 Å². The number of hydrogen-bond acceptors (Lipinski definition) is 2. The first-order valence-corrected chi connectivity index (χ1v) is 6.30. The molecular formula is C15H22O3. The molecule has 2 N–H and O–H groups in total. The van der Waals surface area contributed by atoms with Crippen molar-refractivity contribution in [3.63, 3.8) is 0 Å². The molecule has 0 saturated heterocycles. The number of aromatic hydroxyl groups is 1. The predicted molar refractivity (Wildman–Crippen MR) is 71.8 cm³/mol. The Kier molecular flexibility index (Phi) is 4.76. The van der Waals surface area contributed by atoms with Crippen LogP contribution in [0.3, 0.4) is 0 Å². The highest BCUT2D eigenvalue weighted by Crippen LogP contribution is 2.25. The van der Waals surface area contributed by atoms with E-state index in [1.807, 2.05) is 12.1 Å². The molecule has 0 fully saturated rings. The van der Waals surface area contributed by atoms with Gasteiger partial charge in [0.1, 0.15) is 5.75 Å². The van der Waals surface area contributed by atoms with E-state index in [4.69, 9.17) is 5.11 Å². The van der Waals surface area contributed by atoms with Gasteiger partial charge in [-0.05, 0) is 41.9 Å². The first kappa shape index (κ1) is 14.6. The number of carboxylic acid groups (broad SMARTS) is 1. The molecule has 0 aliphatic carbocycles. The summed E-state index contributed by atoms with van der Waals surface area (Å²) in [6, 6.07) is 5.63. The number of phenols is 1. The SMILES string of the molecule is CC(C)(C)Cc1ccc(O)c(CCCC(=O)O)c1. The van der Waals surface area contributed by atoms with Crippen LogP contribution in [0.25, 0.3) is 0 Å². The van der Waals surface area contributed by atoms with Gasteiger partial charge in [0.15, 0.2) is 0 Å². The first-order valence-electron chi connectivity index (χ1n) is 6.30. The number of hydrogen-bond donors (Lipinski definition) is 2. The van der Waals surface area contributed by atoms with E-state index in [0.717, 1.165) is 12.0 Å². The van der Waals surface area contributed by atoms with Crippen LogP contribution in [0.1, 0.15) is 44.7 Å². The summed E-state index contributed by atoms with van der Waals surface area (Å²) in [4.78, 5) is 10.5. The smallest absolute Gasteiger partial charge is 0.303 e. The van der Waals surface area contributed by atoms with Crippen molar-refractivity contribution in [2.75, 3.05) is 0 Å². The van der Waals surface area contributed by atoms with Gasteiger partial charge in [-0.15, -0.1) is 0 Å². The minimum absolute atomic E-state index is 0.142. The molecule has 0 heterocycles. The van der Waals surface area contributed by atoms with Crippen LogP contribution in [-0.4, -0.2) is 16.2 Å². The summed E-state index contributed by atoms with van der Waals surface area (Å²) < 4.78 is 0. The monoisotopic (exact) mass is 250 g/mol. The van der Waals surface area contributed by atoms with Gasteiger partial charge >= 0.3 is 5.97 Å². The lowest BCUT2D eigenvalue weighted by atomic mass is 9.87. The third-order valence-corrected chi connectivity index (χ3v) is 2.72. The zero-order valence-corrected chi connectivity index (χ0v) is 11.4. The second-order valence-electron chi connectivity index (χ2n) is 5.95. The molecule has 1 rings (SSSR count). The summed E-state index contributed by atoms with van der Waals surface area (Å²) in [5.74, 6) is -0.529. The van der Waals surface area contributed by atoms with Crippen LogP contribution >= 0.6 is 0 Å². The van der Waals surface area contributed by atoms with E-state index in [0.29, 0.717) is 12.8 Å². The van der Waals surface area contributed by atoms with Gasteiger partial charge in [-0.1, -0.05) is 32.9 Å². The largest absolute Gasteiger partial charge is 0.508 e. The lowest BCUT2D eigenvalue weighted by molar-refractivity contribution is -0.137. The standard InChI is InChI=1S/C15H22O3/c1-15(2,3)10-11-7-8-13(16)12(9-11)5-4-6-14(17)18/h7-9,16H,4-6,10H2,1-3H3,(H,17,18). The molecule has 0 saturated carbocycles. The molecule has 3 heteroatoms. The van der Waals surface area contributed by atoms with E-state index in [9.17, 15) is 9.90 Å². The van der Waals surface area contributed by atoms with Gasteiger partial charge in [0.25, 0.3) is 0 Å². The van der Waals surface area contributed by atoms with Gasteiger partial charge in [0.2, 0.25) is 0 Å². The summed E-state index contributed by atoms with van der Waals surface area (Å²) in [6.07, 6.45) is 2.25. The quantitative estimate of drug-likeness (QED) is 0.842. The highest BCUT2D eigenvalue weighted by Gasteiger charge is 2.12. The van der Waals surface area contributed by atoms with Crippen LogP contribution < -0.4 is 0 Å². The molecule has 18 heavy (non-hydrogen) atoms. The zero-order chi connectivity index (χ0) is 13.8. The summed E-state index contributed by atoms with van der Waals surface area (Å²) in [5.41, 5.74) is 2.23. The number of aryl methyl sites for hydroxylation is 1. The lowest BCUT2D eigenvalue weighted by Crippen LogP contribution is -2.09. The second kappa shape index (κ2) is 5.89. The van der Waals surface area contributed by atoms with Crippen LogP contribution in [0.15, 0.2) is 18.2 Å². The molecule has 100 valence electrons. The third-order valence-electron chi connectivity index (χ3n) is 2.72. The number of rotatable bonds is 5.